The van der Waals surface area contributed by atoms with Crippen LogP contribution in [0.3, 0.4) is 0 Å². The van der Waals surface area contributed by atoms with Gasteiger partial charge in [-0.25, -0.2) is 0 Å². The van der Waals surface area contributed by atoms with Crippen molar-refractivity contribution in [3.05, 3.63) is 35.9 Å². The van der Waals surface area contributed by atoms with E-state index in [0.29, 0.717) is 11.5 Å². The first-order chi connectivity index (χ1) is 11.8. The average Bonchev–Trinajstić information content (AvgIpc) is 3.11. The fourth-order valence-corrected chi connectivity index (χ4v) is 3.28. The van der Waals surface area contributed by atoms with Gasteiger partial charge >= 0.3 is 0 Å². The van der Waals surface area contributed by atoms with Crippen LogP contribution in [0.2, 0.25) is 0 Å². The number of para-hydroxylation sites is 2. The van der Waals surface area contributed by atoms with Gasteiger partial charge in [-0.3, -0.25) is 20.4 Å². The Balaban J connectivity index is 1.53. The SMILES string of the molecule is CC(C)=CC1C(C(=O)NNC(=O)C2COc3ccccc3O2)C1(C)C. The maximum absolute atomic E-state index is 12.4. The second kappa shape index (κ2) is 6.43. The third kappa shape index (κ3) is 3.48. The predicted octanol–water partition coefficient (Wildman–Crippen LogP) is 2.21. The molecule has 3 atom stereocenters. The molecule has 2 aliphatic rings. The summed E-state index contributed by atoms with van der Waals surface area (Å²) in [6.45, 7) is 8.25. The lowest BCUT2D eigenvalue weighted by molar-refractivity contribution is -0.135. The molecule has 1 aromatic rings. The summed E-state index contributed by atoms with van der Waals surface area (Å²) in [4.78, 5) is 24.6. The van der Waals surface area contributed by atoms with E-state index in [1.165, 1.54) is 5.57 Å². The monoisotopic (exact) mass is 344 g/mol. The van der Waals surface area contributed by atoms with Gasteiger partial charge in [0, 0.05) is 0 Å². The van der Waals surface area contributed by atoms with E-state index in [4.69, 9.17) is 9.47 Å². The molecule has 1 heterocycles. The van der Waals surface area contributed by atoms with Crippen molar-refractivity contribution in [1.82, 2.24) is 10.9 Å². The summed E-state index contributed by atoms with van der Waals surface area (Å²) >= 11 is 0. The van der Waals surface area contributed by atoms with E-state index in [9.17, 15) is 9.59 Å². The van der Waals surface area contributed by atoms with Gasteiger partial charge in [0.2, 0.25) is 12.0 Å². The Labute approximate surface area is 147 Å². The molecule has 3 rings (SSSR count). The van der Waals surface area contributed by atoms with Crippen molar-refractivity contribution in [1.29, 1.82) is 0 Å². The van der Waals surface area contributed by atoms with E-state index in [-0.39, 0.29) is 29.8 Å². The summed E-state index contributed by atoms with van der Waals surface area (Å²) in [6, 6.07) is 7.17. The van der Waals surface area contributed by atoms with Crippen molar-refractivity contribution in [2.75, 3.05) is 6.61 Å². The molecule has 1 aromatic carbocycles. The number of allylic oxidation sites excluding steroid dienone is 2. The van der Waals surface area contributed by atoms with Crippen LogP contribution in [0.5, 0.6) is 11.5 Å². The number of benzene rings is 1. The van der Waals surface area contributed by atoms with Gasteiger partial charge in [-0.15, -0.1) is 0 Å². The van der Waals surface area contributed by atoms with E-state index >= 15 is 0 Å². The van der Waals surface area contributed by atoms with Crippen molar-refractivity contribution in [3.63, 3.8) is 0 Å². The second-order valence-electron chi connectivity index (χ2n) is 7.41. The lowest BCUT2D eigenvalue weighted by Crippen LogP contribution is -2.51. The first kappa shape index (κ1) is 17.3. The van der Waals surface area contributed by atoms with Crippen LogP contribution in [0.1, 0.15) is 27.7 Å². The largest absolute Gasteiger partial charge is 0.485 e. The Morgan fingerprint density at radius 1 is 1.12 bits per heavy atom. The maximum atomic E-state index is 12.4. The fraction of sp³-hybridized carbons (Fsp3) is 0.474. The number of hydrogen-bond donors (Lipinski definition) is 2. The molecule has 6 heteroatoms. The van der Waals surface area contributed by atoms with Crippen molar-refractivity contribution in [2.45, 2.75) is 33.8 Å². The molecule has 6 nitrogen and oxygen atoms in total. The van der Waals surface area contributed by atoms with Crippen LogP contribution in [-0.4, -0.2) is 24.5 Å². The van der Waals surface area contributed by atoms with Gasteiger partial charge in [0.25, 0.3) is 5.91 Å². The van der Waals surface area contributed by atoms with Gasteiger partial charge in [-0.05, 0) is 37.3 Å². The Hall–Kier alpha value is -2.50. The second-order valence-corrected chi connectivity index (χ2v) is 7.41. The number of amides is 2. The highest BCUT2D eigenvalue weighted by Crippen LogP contribution is 2.59. The lowest BCUT2D eigenvalue weighted by Gasteiger charge is -2.25. The summed E-state index contributed by atoms with van der Waals surface area (Å²) in [7, 11) is 0. The van der Waals surface area contributed by atoms with Crippen molar-refractivity contribution >= 4 is 11.8 Å². The minimum atomic E-state index is -0.795. The fourth-order valence-electron chi connectivity index (χ4n) is 3.28. The van der Waals surface area contributed by atoms with Crippen molar-refractivity contribution in [2.24, 2.45) is 17.3 Å². The molecule has 0 radical (unpaired) electrons. The number of rotatable bonds is 3. The number of carbonyl (C=O) groups is 2. The van der Waals surface area contributed by atoms with Gasteiger partial charge in [-0.1, -0.05) is 37.6 Å². The molecular formula is C19H24N2O4. The Bertz CT molecular complexity index is 722. The summed E-state index contributed by atoms with van der Waals surface area (Å²) in [6.07, 6.45) is 1.32. The van der Waals surface area contributed by atoms with Crippen LogP contribution in [0.25, 0.3) is 0 Å². The number of nitrogens with one attached hydrogen (secondary N) is 2. The quantitative estimate of drug-likeness (QED) is 0.651. The number of fused-ring (bicyclic) bond motifs is 1. The normalized spacial score (nSPS) is 25.5. The molecule has 1 saturated carbocycles. The van der Waals surface area contributed by atoms with E-state index < -0.39 is 12.0 Å². The third-order valence-electron chi connectivity index (χ3n) is 4.82. The van der Waals surface area contributed by atoms with Crippen LogP contribution in [-0.2, 0) is 9.59 Å². The molecule has 25 heavy (non-hydrogen) atoms. The minimum Gasteiger partial charge on any atom is -0.485 e. The molecule has 0 aromatic heterocycles. The van der Waals surface area contributed by atoms with E-state index in [1.807, 2.05) is 26.0 Å². The molecular weight excluding hydrogens is 320 g/mol. The van der Waals surface area contributed by atoms with Gasteiger partial charge in [0.05, 0.1) is 5.92 Å². The Morgan fingerprint density at radius 2 is 1.76 bits per heavy atom. The third-order valence-corrected chi connectivity index (χ3v) is 4.82. The first-order valence-corrected chi connectivity index (χ1v) is 8.44. The van der Waals surface area contributed by atoms with Crippen molar-refractivity contribution in [3.8, 4) is 11.5 Å². The van der Waals surface area contributed by atoms with Gasteiger partial charge in [0.1, 0.15) is 6.61 Å². The predicted molar refractivity (Wildman–Crippen MR) is 92.8 cm³/mol. The van der Waals surface area contributed by atoms with Crippen LogP contribution in [0.4, 0.5) is 0 Å². The van der Waals surface area contributed by atoms with Gasteiger partial charge in [0.15, 0.2) is 11.5 Å². The molecule has 2 N–H and O–H groups in total. The number of hydrogen-bond acceptors (Lipinski definition) is 4. The van der Waals surface area contributed by atoms with Crippen LogP contribution >= 0.6 is 0 Å². The first-order valence-electron chi connectivity index (χ1n) is 8.44. The van der Waals surface area contributed by atoms with E-state index in [2.05, 4.69) is 30.8 Å². The molecule has 3 unspecified atom stereocenters. The molecule has 0 spiro atoms. The number of carbonyl (C=O) groups excluding carboxylic acids is 2. The molecule has 1 aliphatic heterocycles. The number of ether oxygens (including phenoxy) is 2. The molecule has 1 aliphatic carbocycles. The smallest absolute Gasteiger partial charge is 0.283 e. The van der Waals surface area contributed by atoms with Crippen LogP contribution in [0, 0.1) is 17.3 Å². The molecule has 0 saturated heterocycles. The topological polar surface area (TPSA) is 76.7 Å². The van der Waals surface area contributed by atoms with Crippen molar-refractivity contribution < 1.29 is 19.1 Å². The molecule has 0 bridgehead atoms. The summed E-state index contributed by atoms with van der Waals surface area (Å²) in [5.41, 5.74) is 6.06. The molecule has 1 fully saturated rings. The molecule has 134 valence electrons. The zero-order valence-electron chi connectivity index (χ0n) is 15.0. The summed E-state index contributed by atoms with van der Waals surface area (Å²) in [5.74, 6) is 0.563. The Kier molecular flexibility index (Phi) is 4.45. The van der Waals surface area contributed by atoms with E-state index in [0.717, 1.165) is 0 Å². The summed E-state index contributed by atoms with van der Waals surface area (Å²) < 4.78 is 11.1. The van der Waals surface area contributed by atoms with Crippen LogP contribution in [0.15, 0.2) is 35.9 Å². The number of hydrazine groups is 1. The standard InChI is InChI=1S/C19H24N2O4/c1-11(2)9-12-16(19(12,3)4)18(23)21-20-17(22)15-10-24-13-7-5-6-8-14(13)25-15/h5-9,12,15-16H,10H2,1-4H3,(H,20,22)(H,21,23). The molecule has 2 amide bonds. The highest BCUT2D eigenvalue weighted by molar-refractivity contribution is 5.88. The zero-order valence-corrected chi connectivity index (χ0v) is 15.0. The van der Waals surface area contributed by atoms with E-state index in [1.54, 1.807) is 12.1 Å². The van der Waals surface area contributed by atoms with Crippen LogP contribution < -0.4 is 20.3 Å². The minimum absolute atomic E-state index is 0.102. The lowest BCUT2D eigenvalue weighted by atomic mass is 10.1. The average molecular weight is 344 g/mol. The summed E-state index contributed by atoms with van der Waals surface area (Å²) in [5, 5.41) is 0. The maximum Gasteiger partial charge on any atom is 0.283 e. The highest BCUT2D eigenvalue weighted by Gasteiger charge is 2.60. The van der Waals surface area contributed by atoms with Gasteiger partial charge in [-0.2, -0.15) is 0 Å². The van der Waals surface area contributed by atoms with Gasteiger partial charge < -0.3 is 9.47 Å². The highest BCUT2D eigenvalue weighted by atomic mass is 16.6. The Morgan fingerprint density at radius 3 is 2.44 bits per heavy atom. The zero-order chi connectivity index (χ0) is 18.2.